The van der Waals surface area contributed by atoms with Crippen LogP contribution in [0.4, 0.5) is 0 Å². The second kappa shape index (κ2) is 6.97. The molecule has 0 aliphatic heterocycles. The molecule has 0 aliphatic rings. The van der Waals surface area contributed by atoms with Gasteiger partial charge in [-0.15, -0.1) is 0 Å². The number of rotatable bonds is 6. The number of benzene rings is 1. The summed E-state index contributed by atoms with van der Waals surface area (Å²) < 4.78 is 0.898. The third-order valence-electron chi connectivity index (χ3n) is 3.08. The largest absolute Gasteiger partial charge is 0.392 e. The summed E-state index contributed by atoms with van der Waals surface area (Å²) >= 11 is 3.43. The molecule has 1 aromatic carbocycles. The summed E-state index contributed by atoms with van der Waals surface area (Å²) in [5, 5.41) is 10.1. The average Bonchev–Trinajstić information content (AvgIpc) is 2.29. The highest BCUT2D eigenvalue weighted by Gasteiger charge is 2.23. The van der Waals surface area contributed by atoms with Crippen molar-refractivity contribution in [3.05, 3.63) is 47.0 Å². The van der Waals surface area contributed by atoms with E-state index in [-0.39, 0.29) is 17.9 Å². The third-order valence-corrected chi connectivity index (χ3v) is 3.67. The fourth-order valence-electron chi connectivity index (χ4n) is 1.94. The minimum Gasteiger partial charge on any atom is -0.392 e. The van der Waals surface area contributed by atoms with Crippen molar-refractivity contribution in [1.29, 1.82) is 0 Å². The van der Waals surface area contributed by atoms with Crippen molar-refractivity contribution >= 4 is 15.9 Å². The van der Waals surface area contributed by atoms with Gasteiger partial charge in [0.25, 0.3) is 0 Å². The van der Waals surface area contributed by atoms with Crippen LogP contribution in [0, 0.1) is 11.8 Å². The fraction of sp³-hybridized carbons (Fsp3) is 0.467. The van der Waals surface area contributed by atoms with Crippen LogP contribution in [0.1, 0.15) is 25.8 Å². The second-order valence-corrected chi connectivity index (χ2v) is 5.83. The van der Waals surface area contributed by atoms with E-state index in [1.165, 1.54) is 5.56 Å². The Morgan fingerprint density at radius 1 is 1.29 bits per heavy atom. The van der Waals surface area contributed by atoms with E-state index in [1.807, 2.05) is 32.0 Å². The van der Waals surface area contributed by atoms with Crippen LogP contribution in [0.25, 0.3) is 0 Å². The molecule has 0 heterocycles. The van der Waals surface area contributed by atoms with Crippen molar-refractivity contribution in [2.24, 2.45) is 11.8 Å². The van der Waals surface area contributed by atoms with Gasteiger partial charge in [0.05, 0.1) is 6.10 Å². The van der Waals surface area contributed by atoms with Crippen molar-refractivity contribution in [3.63, 3.8) is 0 Å². The monoisotopic (exact) mass is 296 g/mol. The Bertz CT molecular complexity index is 345. The Morgan fingerprint density at radius 3 is 2.35 bits per heavy atom. The molecule has 1 nitrogen and oxygen atoms in total. The smallest absolute Gasteiger partial charge is 0.0636 e. The third kappa shape index (κ3) is 4.64. The molecule has 1 N–H and O–H groups in total. The van der Waals surface area contributed by atoms with E-state index < -0.39 is 0 Å². The predicted molar refractivity (Wildman–Crippen MR) is 77.2 cm³/mol. The lowest BCUT2D eigenvalue weighted by Gasteiger charge is -2.25. The molecule has 0 spiro atoms. The maximum Gasteiger partial charge on any atom is 0.0636 e. The molecular formula is C15H21BrO. The quantitative estimate of drug-likeness (QED) is 0.836. The van der Waals surface area contributed by atoms with Crippen molar-refractivity contribution < 1.29 is 5.11 Å². The first-order valence-corrected chi connectivity index (χ1v) is 6.88. The van der Waals surface area contributed by atoms with E-state index in [2.05, 4.69) is 34.6 Å². The Kier molecular flexibility index (Phi) is 5.93. The Labute approximate surface area is 113 Å². The number of aryl methyl sites for hydroxylation is 1. The molecule has 0 radical (unpaired) electrons. The molecule has 0 aliphatic carbocycles. The highest BCUT2D eigenvalue weighted by Crippen LogP contribution is 2.28. The molecule has 0 amide bonds. The molecule has 0 fully saturated rings. The summed E-state index contributed by atoms with van der Waals surface area (Å²) in [7, 11) is 0. The lowest BCUT2D eigenvalue weighted by molar-refractivity contribution is 0.0797. The van der Waals surface area contributed by atoms with Gasteiger partial charge in [-0.25, -0.2) is 0 Å². The van der Waals surface area contributed by atoms with E-state index in [1.54, 1.807) is 0 Å². The maximum atomic E-state index is 10.1. The molecule has 0 saturated heterocycles. The zero-order valence-corrected chi connectivity index (χ0v) is 12.2. The molecule has 17 heavy (non-hydrogen) atoms. The molecule has 2 heteroatoms. The van der Waals surface area contributed by atoms with E-state index in [0.717, 1.165) is 17.3 Å². The summed E-state index contributed by atoms with van der Waals surface area (Å²) in [5.41, 5.74) is 1.31. The van der Waals surface area contributed by atoms with E-state index in [0.29, 0.717) is 0 Å². The van der Waals surface area contributed by atoms with Crippen LogP contribution >= 0.6 is 15.9 Å². The number of hydrogen-bond donors (Lipinski definition) is 1. The van der Waals surface area contributed by atoms with Gasteiger partial charge in [-0.1, -0.05) is 66.7 Å². The van der Waals surface area contributed by atoms with Gasteiger partial charge >= 0.3 is 0 Å². The zero-order chi connectivity index (χ0) is 12.8. The first-order chi connectivity index (χ1) is 8.02. The van der Waals surface area contributed by atoms with Gasteiger partial charge in [0.15, 0.2) is 0 Å². The molecule has 2 atom stereocenters. The first kappa shape index (κ1) is 14.5. The van der Waals surface area contributed by atoms with Crippen LogP contribution in [0.3, 0.4) is 0 Å². The Morgan fingerprint density at radius 2 is 1.88 bits per heavy atom. The first-order valence-electron chi connectivity index (χ1n) is 6.08. The van der Waals surface area contributed by atoms with Crippen molar-refractivity contribution in [2.75, 3.05) is 0 Å². The van der Waals surface area contributed by atoms with Crippen LogP contribution in [-0.4, -0.2) is 11.2 Å². The number of aliphatic hydroxyl groups is 1. The van der Waals surface area contributed by atoms with Gasteiger partial charge in [-0.05, 0) is 28.8 Å². The van der Waals surface area contributed by atoms with Gasteiger partial charge in [0.1, 0.15) is 0 Å². The van der Waals surface area contributed by atoms with Gasteiger partial charge in [-0.3, -0.25) is 0 Å². The normalized spacial score (nSPS) is 14.6. The minimum atomic E-state index is -0.328. The van der Waals surface area contributed by atoms with Crippen molar-refractivity contribution in [1.82, 2.24) is 0 Å². The highest BCUT2D eigenvalue weighted by molar-refractivity contribution is 9.11. The van der Waals surface area contributed by atoms with Crippen LogP contribution in [0.5, 0.6) is 0 Å². The van der Waals surface area contributed by atoms with E-state index in [9.17, 15) is 5.11 Å². The molecule has 0 bridgehead atoms. The van der Waals surface area contributed by atoms with Gasteiger partial charge in [0, 0.05) is 5.92 Å². The van der Waals surface area contributed by atoms with Crippen LogP contribution < -0.4 is 0 Å². The van der Waals surface area contributed by atoms with Crippen molar-refractivity contribution in [3.8, 4) is 0 Å². The SMILES string of the molecule is C=C(Br)[C@H](CCc1ccccc1)[C@@H](O)C(C)C. The molecular weight excluding hydrogens is 276 g/mol. The van der Waals surface area contributed by atoms with Gasteiger partial charge < -0.3 is 5.11 Å². The number of aliphatic hydroxyl groups excluding tert-OH is 1. The molecule has 1 rings (SSSR count). The molecule has 0 aromatic heterocycles. The van der Waals surface area contributed by atoms with Crippen LogP contribution in [0.15, 0.2) is 41.4 Å². The summed E-state index contributed by atoms with van der Waals surface area (Å²) in [6, 6.07) is 10.4. The Hall–Kier alpha value is -0.600. The van der Waals surface area contributed by atoms with E-state index >= 15 is 0 Å². The fourth-order valence-corrected chi connectivity index (χ4v) is 2.44. The van der Waals surface area contributed by atoms with Crippen LogP contribution in [0.2, 0.25) is 0 Å². The Balaban J connectivity index is 2.60. The van der Waals surface area contributed by atoms with Gasteiger partial charge in [0.2, 0.25) is 0 Å². The van der Waals surface area contributed by atoms with Crippen LogP contribution in [-0.2, 0) is 6.42 Å². The van der Waals surface area contributed by atoms with Crippen molar-refractivity contribution in [2.45, 2.75) is 32.8 Å². The lowest BCUT2D eigenvalue weighted by Crippen LogP contribution is -2.26. The summed E-state index contributed by atoms with van der Waals surface area (Å²) in [6.07, 6.45) is 1.57. The number of halogens is 1. The average molecular weight is 297 g/mol. The minimum absolute atomic E-state index is 0.121. The maximum absolute atomic E-state index is 10.1. The number of hydrogen-bond acceptors (Lipinski definition) is 1. The summed E-state index contributed by atoms with van der Waals surface area (Å²) in [5.74, 6) is 0.375. The van der Waals surface area contributed by atoms with E-state index in [4.69, 9.17) is 0 Å². The zero-order valence-electron chi connectivity index (χ0n) is 10.6. The second-order valence-electron chi connectivity index (χ2n) is 4.81. The molecule has 1 aromatic rings. The summed E-state index contributed by atoms with van der Waals surface area (Å²) in [4.78, 5) is 0. The molecule has 0 unspecified atom stereocenters. The molecule has 94 valence electrons. The van der Waals surface area contributed by atoms with Gasteiger partial charge in [-0.2, -0.15) is 0 Å². The standard InChI is InChI=1S/C15H21BrO/c1-11(2)15(17)14(12(3)16)10-9-13-7-5-4-6-8-13/h4-8,11,14-15,17H,3,9-10H2,1-2H3/t14-,15-/m0/s1. The summed E-state index contributed by atoms with van der Waals surface area (Å²) in [6.45, 7) is 8.00. The highest BCUT2D eigenvalue weighted by atomic mass is 79.9. The predicted octanol–water partition coefficient (Wildman–Crippen LogP) is 4.16. The molecule has 0 saturated carbocycles. The lowest BCUT2D eigenvalue weighted by atomic mass is 9.88. The topological polar surface area (TPSA) is 20.2 Å².